The quantitative estimate of drug-likeness (QED) is 0.106. The van der Waals surface area contributed by atoms with E-state index >= 15 is 0 Å². The molecule has 0 aliphatic carbocycles. The van der Waals surface area contributed by atoms with E-state index in [0.29, 0.717) is 0 Å². The molecule has 0 unspecified atom stereocenters. The predicted molar refractivity (Wildman–Crippen MR) is 469 cm³/mol. The summed E-state index contributed by atoms with van der Waals surface area (Å²) in [5.74, 6) is 0. The molecule has 3 heteroatoms. The first-order chi connectivity index (χ1) is 54.0. The van der Waals surface area contributed by atoms with Crippen molar-refractivity contribution in [1.82, 2.24) is 0 Å². The second kappa shape index (κ2) is 26.6. The summed E-state index contributed by atoms with van der Waals surface area (Å²) in [7, 11) is 0. The molecule has 0 spiro atoms. The van der Waals surface area contributed by atoms with E-state index in [-0.39, 0.29) is 0 Å². The Morgan fingerprint density at radius 3 is 0.945 bits per heavy atom. The Balaban J connectivity index is 0.604. The van der Waals surface area contributed by atoms with Gasteiger partial charge in [0.1, 0.15) is 0 Å². The van der Waals surface area contributed by atoms with Gasteiger partial charge in [-0.25, -0.2) is 0 Å². The van der Waals surface area contributed by atoms with Gasteiger partial charge in [0.25, 0.3) is 0 Å². The summed E-state index contributed by atoms with van der Waals surface area (Å²) in [5, 5.41) is 19.9. The molecule has 0 aliphatic heterocycles. The van der Waals surface area contributed by atoms with Crippen LogP contribution in [0.25, 0.3) is 173 Å². The van der Waals surface area contributed by atoms with Gasteiger partial charge >= 0.3 is 0 Å². The van der Waals surface area contributed by atoms with Gasteiger partial charge in [-0.3, -0.25) is 0 Å². The largest absolute Gasteiger partial charge is 0.310 e. The maximum absolute atomic E-state index is 2.43. The molecular weight excluding hydrogens is 1330 g/mol. The van der Waals surface area contributed by atoms with E-state index in [1.54, 1.807) is 0 Å². The van der Waals surface area contributed by atoms with Crippen LogP contribution >= 0.6 is 11.3 Å². The normalized spacial score (nSPS) is 11.7. The van der Waals surface area contributed by atoms with Crippen LogP contribution in [0.4, 0.5) is 34.1 Å². The Morgan fingerprint density at radius 2 is 0.468 bits per heavy atom. The third-order valence-electron chi connectivity index (χ3n) is 22.4. The summed E-state index contributed by atoms with van der Waals surface area (Å²) in [6.45, 7) is 0. The lowest BCUT2D eigenvalue weighted by Crippen LogP contribution is -2.11. The Bertz CT molecular complexity index is 7150. The molecule has 1 heterocycles. The molecule has 21 rings (SSSR count). The van der Waals surface area contributed by atoms with Crippen molar-refractivity contribution in [3.05, 3.63) is 413 Å². The van der Waals surface area contributed by atoms with Crippen molar-refractivity contribution in [2.45, 2.75) is 0 Å². The summed E-state index contributed by atoms with van der Waals surface area (Å²) in [6, 6.07) is 153. The zero-order chi connectivity index (χ0) is 71.9. The molecule has 0 saturated carbocycles. The second-order valence-corrected chi connectivity index (χ2v) is 29.7. The maximum Gasteiger partial charge on any atom is 0.0540 e. The van der Waals surface area contributed by atoms with E-state index in [9.17, 15) is 0 Å². The standard InChI is InChI=1S/C106H68N2S/c1-3-20-75-62-77(38-36-69(75)18-1)71-44-53-86(54-45-71)107(88-57-48-73(49-58-88)100-67-81-22-5-7-24-90(81)95-28-9-11-30-97(95)100)104-35-16-14-27-93(104)84-42-39-79-65-85(43-40-78(79)64-84)94-32-17-33-99-102-66-80(52-61-105(102)109-106(94)99)72-46-55-87(56-47-72)108(103-34-15-13-26-92(103)83-41-37-70-19-2-4-21-76(70)63-83)89-59-50-74(51-60-89)101-68-82-23-6-8-25-91(82)96-29-10-12-31-98(96)101/h1-68H. The lowest BCUT2D eigenvalue weighted by Gasteiger charge is -2.28. The van der Waals surface area contributed by atoms with Crippen molar-refractivity contribution >= 4 is 141 Å². The summed E-state index contributed by atoms with van der Waals surface area (Å²) in [5.41, 5.74) is 23.2. The van der Waals surface area contributed by atoms with Crippen LogP contribution in [0.3, 0.4) is 0 Å². The number of anilines is 6. The van der Waals surface area contributed by atoms with E-state index < -0.39 is 0 Å². The van der Waals surface area contributed by atoms with Crippen molar-refractivity contribution in [3.8, 4) is 77.9 Å². The highest BCUT2D eigenvalue weighted by Crippen LogP contribution is 2.48. The molecule has 0 saturated heterocycles. The van der Waals surface area contributed by atoms with Gasteiger partial charge in [-0.1, -0.05) is 303 Å². The second-order valence-electron chi connectivity index (χ2n) is 28.7. The van der Waals surface area contributed by atoms with Crippen LogP contribution in [0.1, 0.15) is 0 Å². The molecule has 1 aromatic heterocycles. The van der Waals surface area contributed by atoms with Crippen molar-refractivity contribution in [2.75, 3.05) is 9.80 Å². The predicted octanol–water partition coefficient (Wildman–Crippen LogP) is 30.7. The summed E-state index contributed by atoms with van der Waals surface area (Å²) < 4.78 is 2.56. The number of thiophene rings is 1. The molecule has 0 N–H and O–H groups in total. The van der Waals surface area contributed by atoms with Crippen LogP contribution in [-0.4, -0.2) is 0 Å². The van der Waals surface area contributed by atoms with E-state index in [1.807, 2.05) is 11.3 Å². The van der Waals surface area contributed by atoms with Gasteiger partial charge in [-0.15, -0.1) is 11.3 Å². The molecular formula is C106H68N2S. The molecule has 0 atom stereocenters. The van der Waals surface area contributed by atoms with Gasteiger partial charge in [0, 0.05) is 54.0 Å². The van der Waals surface area contributed by atoms with Crippen molar-refractivity contribution in [2.24, 2.45) is 0 Å². The molecule has 0 radical (unpaired) electrons. The fraction of sp³-hybridized carbons (Fsp3) is 0. The number of hydrogen-bond acceptors (Lipinski definition) is 3. The molecule has 0 bridgehead atoms. The van der Waals surface area contributed by atoms with E-state index in [2.05, 4.69) is 422 Å². The minimum atomic E-state index is 1.08. The zero-order valence-electron chi connectivity index (χ0n) is 59.6. The van der Waals surface area contributed by atoms with Gasteiger partial charge < -0.3 is 9.80 Å². The van der Waals surface area contributed by atoms with E-state index in [0.717, 1.165) is 50.8 Å². The molecule has 508 valence electrons. The third-order valence-corrected chi connectivity index (χ3v) is 23.6. The number of hydrogen-bond donors (Lipinski definition) is 0. The Morgan fingerprint density at radius 1 is 0.156 bits per heavy atom. The average molecular weight is 1400 g/mol. The molecule has 0 fully saturated rings. The average Bonchev–Trinajstić information content (AvgIpc) is 1.73. The zero-order valence-corrected chi connectivity index (χ0v) is 60.4. The van der Waals surface area contributed by atoms with Gasteiger partial charge in [0.05, 0.1) is 11.4 Å². The van der Waals surface area contributed by atoms with Crippen LogP contribution in [-0.2, 0) is 0 Å². The van der Waals surface area contributed by atoms with Gasteiger partial charge in [0.15, 0.2) is 0 Å². The summed E-state index contributed by atoms with van der Waals surface area (Å²) in [4.78, 5) is 4.85. The smallest absolute Gasteiger partial charge is 0.0540 e. The first-order valence-electron chi connectivity index (χ1n) is 37.5. The van der Waals surface area contributed by atoms with E-state index in [4.69, 9.17) is 0 Å². The number of fused-ring (bicyclic) bond motifs is 12. The monoisotopic (exact) mass is 1400 g/mol. The van der Waals surface area contributed by atoms with E-state index in [1.165, 1.54) is 157 Å². The highest BCUT2D eigenvalue weighted by Gasteiger charge is 2.23. The summed E-state index contributed by atoms with van der Waals surface area (Å²) >= 11 is 1.88. The van der Waals surface area contributed by atoms with Crippen LogP contribution in [0, 0.1) is 0 Å². The summed E-state index contributed by atoms with van der Waals surface area (Å²) in [6.07, 6.45) is 0. The first kappa shape index (κ1) is 63.5. The fourth-order valence-electron chi connectivity index (χ4n) is 17.0. The van der Waals surface area contributed by atoms with Gasteiger partial charge in [-0.2, -0.15) is 0 Å². The van der Waals surface area contributed by atoms with Gasteiger partial charge in [-0.05, 0) is 251 Å². The van der Waals surface area contributed by atoms with Crippen LogP contribution in [0.15, 0.2) is 413 Å². The van der Waals surface area contributed by atoms with Crippen LogP contribution in [0.5, 0.6) is 0 Å². The number of nitrogens with zero attached hydrogens (tertiary/aromatic N) is 2. The highest BCUT2D eigenvalue weighted by atomic mass is 32.1. The molecule has 109 heavy (non-hydrogen) atoms. The first-order valence-corrected chi connectivity index (χ1v) is 38.3. The number of rotatable bonds is 13. The van der Waals surface area contributed by atoms with Crippen molar-refractivity contribution < 1.29 is 0 Å². The molecule has 0 amide bonds. The molecule has 21 aromatic rings. The maximum atomic E-state index is 2.43. The third kappa shape index (κ3) is 11.3. The number of benzene rings is 20. The molecule has 0 aliphatic rings. The SMILES string of the molecule is c1ccc(N(c2ccc(-c3ccc4sc5c(-c6ccc7cc(-c8ccccc8N(c8ccc(-c9ccc%10ccccc%10c9)cc8)c8ccc(-c9cc%10ccccc%10c%10ccccc9%10)cc8)ccc7c6)cccc5c4c3)cc2)c2ccc(-c3cc4ccccc4c4ccccc34)cc2)c(-c2ccc3ccccc3c2)c1. The topological polar surface area (TPSA) is 6.48 Å². The molecule has 2 nitrogen and oxygen atoms in total. The Kier molecular flexibility index (Phi) is 15.5. The molecule has 20 aromatic carbocycles. The van der Waals surface area contributed by atoms with Crippen LogP contribution < -0.4 is 9.80 Å². The number of para-hydroxylation sites is 2. The minimum absolute atomic E-state index is 1.08. The van der Waals surface area contributed by atoms with Crippen molar-refractivity contribution in [1.29, 1.82) is 0 Å². The van der Waals surface area contributed by atoms with Crippen LogP contribution in [0.2, 0.25) is 0 Å². The minimum Gasteiger partial charge on any atom is -0.310 e. The fourth-order valence-corrected chi connectivity index (χ4v) is 18.2. The Hall–Kier alpha value is -14.0. The Labute approximate surface area is 636 Å². The lowest BCUT2D eigenvalue weighted by molar-refractivity contribution is 1.28. The lowest BCUT2D eigenvalue weighted by atomic mass is 9.93. The van der Waals surface area contributed by atoms with Crippen molar-refractivity contribution in [3.63, 3.8) is 0 Å². The highest BCUT2D eigenvalue weighted by molar-refractivity contribution is 7.26. The van der Waals surface area contributed by atoms with Gasteiger partial charge in [0.2, 0.25) is 0 Å².